The lowest BCUT2D eigenvalue weighted by atomic mass is 10.2. The zero-order valence-electron chi connectivity index (χ0n) is 16.4. The first-order valence-electron chi connectivity index (χ1n) is 9.37. The van der Waals surface area contributed by atoms with Crippen LogP contribution in [0.3, 0.4) is 0 Å². The largest absolute Gasteiger partial charge is 0.338 e. The third-order valence-corrected chi connectivity index (χ3v) is 4.98. The van der Waals surface area contributed by atoms with Crippen molar-refractivity contribution in [3.8, 4) is 17.1 Å². The van der Waals surface area contributed by atoms with Crippen molar-refractivity contribution in [2.24, 2.45) is 0 Å². The third-order valence-electron chi connectivity index (χ3n) is 4.05. The lowest BCUT2D eigenvalue weighted by Gasteiger charge is -2.11. The summed E-state index contributed by atoms with van der Waals surface area (Å²) in [7, 11) is 0. The number of hydrogen-bond donors (Lipinski definition) is 2. The number of carbonyl (C=O) groups excluding carboxylic acids is 2. The summed E-state index contributed by atoms with van der Waals surface area (Å²) in [6, 6.07) is 17.3. The molecule has 0 saturated heterocycles. The van der Waals surface area contributed by atoms with Crippen molar-refractivity contribution in [3.05, 3.63) is 60.2 Å². The molecule has 1 aromatic heterocycles. The van der Waals surface area contributed by atoms with Crippen molar-refractivity contribution in [1.29, 1.82) is 0 Å². The fraction of sp³-hybridized carbons (Fsp3) is 0.238. The Morgan fingerprint density at radius 1 is 1.07 bits per heavy atom. The molecule has 0 saturated carbocycles. The third kappa shape index (κ3) is 5.45. The number of aromatic nitrogens is 3. The molecule has 3 aromatic rings. The zero-order valence-corrected chi connectivity index (χ0v) is 17.2. The zero-order chi connectivity index (χ0) is 20.6. The number of carbonyl (C=O) groups is 2. The van der Waals surface area contributed by atoms with E-state index in [-0.39, 0.29) is 11.7 Å². The number of amides is 3. The van der Waals surface area contributed by atoms with E-state index in [1.54, 1.807) is 0 Å². The van der Waals surface area contributed by atoms with Gasteiger partial charge in [-0.2, -0.15) is 0 Å². The molecule has 29 heavy (non-hydrogen) atoms. The molecule has 2 aromatic carbocycles. The quantitative estimate of drug-likeness (QED) is 0.583. The summed E-state index contributed by atoms with van der Waals surface area (Å²) in [6.07, 6.45) is 0.804. The minimum atomic E-state index is -0.484. The van der Waals surface area contributed by atoms with Gasteiger partial charge in [0.2, 0.25) is 5.91 Å². The van der Waals surface area contributed by atoms with E-state index in [0.29, 0.717) is 17.5 Å². The van der Waals surface area contributed by atoms with E-state index >= 15 is 0 Å². The molecule has 0 fully saturated rings. The van der Waals surface area contributed by atoms with Crippen LogP contribution in [-0.4, -0.2) is 39.0 Å². The van der Waals surface area contributed by atoms with Crippen LogP contribution >= 0.6 is 11.8 Å². The smallest absolute Gasteiger partial charge is 0.321 e. The van der Waals surface area contributed by atoms with Gasteiger partial charge in [0.15, 0.2) is 11.0 Å². The fourth-order valence-corrected chi connectivity index (χ4v) is 3.46. The molecular formula is C21H23N5O2S. The Labute approximate surface area is 173 Å². The molecule has 7 nitrogen and oxygen atoms in total. The monoisotopic (exact) mass is 409 g/mol. The Balaban J connectivity index is 1.83. The average molecular weight is 410 g/mol. The van der Waals surface area contributed by atoms with Gasteiger partial charge in [-0.25, -0.2) is 4.79 Å². The molecule has 0 aliphatic heterocycles. The second kappa shape index (κ2) is 9.88. The molecule has 8 heteroatoms. The maximum absolute atomic E-state index is 12.1. The summed E-state index contributed by atoms with van der Waals surface area (Å²) in [4.78, 5) is 23.8. The topological polar surface area (TPSA) is 88.9 Å². The summed E-state index contributed by atoms with van der Waals surface area (Å²) in [6.45, 7) is 4.49. The molecule has 0 atom stereocenters. The Kier molecular flexibility index (Phi) is 7.02. The molecule has 1 heterocycles. The van der Waals surface area contributed by atoms with Crippen LogP contribution in [0.1, 0.15) is 18.9 Å². The number of hydrogen-bond acceptors (Lipinski definition) is 5. The van der Waals surface area contributed by atoms with Gasteiger partial charge in [0, 0.05) is 17.8 Å². The van der Waals surface area contributed by atoms with Gasteiger partial charge < -0.3 is 5.32 Å². The van der Waals surface area contributed by atoms with E-state index in [0.717, 1.165) is 23.2 Å². The standard InChI is InChI=1S/C21H23N5O2S/c1-3-12-22-20(28)23-18(27)14-29-21-25-24-19(16-9-5-4-6-10-16)26(21)17-11-7-8-15(2)13-17/h4-11,13H,3,12,14H2,1-2H3,(H2,22,23,27,28). The van der Waals surface area contributed by atoms with Gasteiger partial charge in [0.1, 0.15) is 0 Å². The molecule has 0 unspecified atom stereocenters. The number of nitrogens with one attached hydrogen (secondary N) is 2. The second-order valence-corrected chi connectivity index (χ2v) is 7.38. The summed E-state index contributed by atoms with van der Waals surface area (Å²) >= 11 is 1.23. The van der Waals surface area contributed by atoms with Gasteiger partial charge >= 0.3 is 6.03 Å². The number of nitrogens with zero attached hydrogens (tertiary/aromatic N) is 3. The van der Waals surface area contributed by atoms with Crippen molar-refractivity contribution >= 4 is 23.7 Å². The lowest BCUT2D eigenvalue weighted by Crippen LogP contribution is -2.40. The minimum Gasteiger partial charge on any atom is -0.338 e. The predicted octanol–water partition coefficient (Wildman–Crippen LogP) is 3.57. The van der Waals surface area contributed by atoms with Crippen LogP contribution in [0.15, 0.2) is 59.8 Å². The van der Waals surface area contributed by atoms with Gasteiger partial charge in [-0.15, -0.1) is 10.2 Å². The number of urea groups is 1. The van der Waals surface area contributed by atoms with Crippen LogP contribution in [0.25, 0.3) is 17.1 Å². The molecule has 0 bridgehead atoms. The van der Waals surface area contributed by atoms with E-state index in [1.807, 2.05) is 73.0 Å². The number of thioether (sulfide) groups is 1. The van der Waals surface area contributed by atoms with Crippen molar-refractivity contribution in [2.75, 3.05) is 12.3 Å². The Bertz CT molecular complexity index is 988. The highest BCUT2D eigenvalue weighted by Gasteiger charge is 2.18. The molecule has 3 amide bonds. The number of imide groups is 1. The molecule has 0 spiro atoms. The van der Waals surface area contributed by atoms with E-state index in [9.17, 15) is 9.59 Å². The highest BCUT2D eigenvalue weighted by atomic mass is 32.2. The van der Waals surface area contributed by atoms with Crippen molar-refractivity contribution in [1.82, 2.24) is 25.4 Å². The van der Waals surface area contributed by atoms with Crippen LogP contribution in [-0.2, 0) is 4.79 Å². The maximum Gasteiger partial charge on any atom is 0.321 e. The second-order valence-electron chi connectivity index (χ2n) is 6.44. The van der Waals surface area contributed by atoms with Crippen molar-refractivity contribution in [3.63, 3.8) is 0 Å². The van der Waals surface area contributed by atoms with E-state index in [1.165, 1.54) is 11.8 Å². The average Bonchev–Trinajstić information content (AvgIpc) is 3.15. The van der Waals surface area contributed by atoms with Crippen LogP contribution in [0.2, 0.25) is 0 Å². The Morgan fingerprint density at radius 3 is 2.59 bits per heavy atom. The van der Waals surface area contributed by atoms with Gasteiger partial charge in [-0.1, -0.05) is 61.2 Å². The SMILES string of the molecule is CCCNC(=O)NC(=O)CSc1nnc(-c2ccccc2)n1-c1cccc(C)c1. The number of rotatable bonds is 7. The summed E-state index contributed by atoms with van der Waals surface area (Å²) in [5.74, 6) is 0.363. The van der Waals surface area contributed by atoms with Crippen LogP contribution in [0.5, 0.6) is 0 Å². The molecular weight excluding hydrogens is 386 g/mol. The van der Waals surface area contributed by atoms with Gasteiger partial charge in [0.25, 0.3) is 0 Å². The van der Waals surface area contributed by atoms with Crippen LogP contribution in [0.4, 0.5) is 4.79 Å². The van der Waals surface area contributed by atoms with Crippen LogP contribution < -0.4 is 10.6 Å². The first-order chi connectivity index (χ1) is 14.1. The summed E-state index contributed by atoms with van der Waals surface area (Å²) in [5, 5.41) is 14.2. The van der Waals surface area contributed by atoms with Gasteiger partial charge in [0.05, 0.1) is 5.75 Å². The Morgan fingerprint density at radius 2 is 1.86 bits per heavy atom. The Hall–Kier alpha value is -3.13. The van der Waals surface area contributed by atoms with Crippen molar-refractivity contribution < 1.29 is 9.59 Å². The minimum absolute atomic E-state index is 0.0539. The summed E-state index contributed by atoms with van der Waals surface area (Å²) < 4.78 is 1.93. The fourth-order valence-electron chi connectivity index (χ4n) is 2.71. The van der Waals surface area contributed by atoms with Crippen molar-refractivity contribution in [2.45, 2.75) is 25.4 Å². The molecule has 0 aliphatic carbocycles. The van der Waals surface area contributed by atoms with Crippen LogP contribution in [0, 0.1) is 6.92 Å². The molecule has 0 radical (unpaired) electrons. The molecule has 150 valence electrons. The normalized spacial score (nSPS) is 10.6. The number of aryl methyl sites for hydroxylation is 1. The van der Waals surface area contributed by atoms with Gasteiger partial charge in [-0.05, 0) is 31.0 Å². The lowest BCUT2D eigenvalue weighted by molar-refractivity contribution is -0.117. The van der Waals surface area contributed by atoms with Gasteiger partial charge in [-0.3, -0.25) is 14.7 Å². The van der Waals surface area contributed by atoms with E-state index in [2.05, 4.69) is 20.8 Å². The first-order valence-corrected chi connectivity index (χ1v) is 10.4. The number of benzene rings is 2. The molecule has 3 rings (SSSR count). The maximum atomic E-state index is 12.1. The van der Waals surface area contributed by atoms with E-state index < -0.39 is 6.03 Å². The molecule has 0 aliphatic rings. The summed E-state index contributed by atoms with van der Waals surface area (Å²) in [5.41, 5.74) is 2.95. The molecule has 2 N–H and O–H groups in total. The predicted molar refractivity (Wildman–Crippen MR) is 114 cm³/mol. The highest BCUT2D eigenvalue weighted by molar-refractivity contribution is 7.99. The highest BCUT2D eigenvalue weighted by Crippen LogP contribution is 2.28. The first kappa shape index (κ1) is 20.6. The van der Waals surface area contributed by atoms with E-state index in [4.69, 9.17) is 0 Å².